The Morgan fingerprint density at radius 1 is 1.47 bits per heavy atom. The van der Waals surface area contributed by atoms with Gasteiger partial charge in [0.25, 0.3) is 5.56 Å². The van der Waals surface area contributed by atoms with Crippen LogP contribution in [0.3, 0.4) is 0 Å². The number of rotatable bonds is 4. The second-order valence-corrected chi connectivity index (χ2v) is 4.91. The minimum absolute atomic E-state index is 0.102. The van der Waals surface area contributed by atoms with E-state index in [-0.39, 0.29) is 18.9 Å². The van der Waals surface area contributed by atoms with Gasteiger partial charge in [-0.05, 0) is 6.92 Å². The zero-order valence-corrected chi connectivity index (χ0v) is 10.9. The maximum absolute atomic E-state index is 11.6. The molecular formula is C10H11N5O3S. The second kappa shape index (κ2) is 5.57. The number of H-pyrrole nitrogens is 1. The van der Waals surface area contributed by atoms with Crippen molar-refractivity contribution in [3.05, 3.63) is 38.1 Å². The van der Waals surface area contributed by atoms with Crippen molar-refractivity contribution < 1.29 is 4.79 Å². The predicted molar refractivity (Wildman–Crippen MR) is 69.2 cm³/mol. The summed E-state index contributed by atoms with van der Waals surface area (Å²) in [6, 6.07) is 1.23. The number of amides is 1. The first-order valence-electron chi connectivity index (χ1n) is 5.44. The number of carbonyl (C=O) groups is 1. The summed E-state index contributed by atoms with van der Waals surface area (Å²) in [6.45, 7) is 1.96. The molecule has 0 unspecified atom stereocenters. The SMILES string of the molecule is Cc1nnc(NC(=O)CCn2ccc(=O)[nH]c2=O)s1. The Labute approximate surface area is 111 Å². The zero-order chi connectivity index (χ0) is 13.8. The van der Waals surface area contributed by atoms with Gasteiger partial charge in [-0.15, -0.1) is 10.2 Å². The van der Waals surface area contributed by atoms with Crippen LogP contribution < -0.4 is 16.6 Å². The van der Waals surface area contributed by atoms with Gasteiger partial charge in [0.15, 0.2) is 0 Å². The van der Waals surface area contributed by atoms with Gasteiger partial charge in [-0.3, -0.25) is 14.6 Å². The minimum atomic E-state index is -0.535. The van der Waals surface area contributed by atoms with E-state index < -0.39 is 11.2 Å². The lowest BCUT2D eigenvalue weighted by Gasteiger charge is -2.03. The summed E-state index contributed by atoms with van der Waals surface area (Å²) in [5.74, 6) is -0.269. The number of aromatic amines is 1. The molecule has 1 amide bonds. The first-order valence-corrected chi connectivity index (χ1v) is 6.26. The summed E-state index contributed by atoms with van der Waals surface area (Å²) in [6.07, 6.45) is 1.45. The maximum atomic E-state index is 11.6. The van der Waals surface area contributed by atoms with E-state index in [4.69, 9.17) is 0 Å². The fourth-order valence-electron chi connectivity index (χ4n) is 1.37. The van der Waals surface area contributed by atoms with Crippen molar-refractivity contribution in [3.63, 3.8) is 0 Å². The standard InChI is InChI=1S/C10H11N5O3S/c1-6-13-14-9(19-6)11-7(16)2-4-15-5-3-8(17)12-10(15)18/h3,5H,2,4H2,1H3,(H,11,14,16)(H,12,17,18). The average Bonchev–Trinajstić information content (AvgIpc) is 2.73. The van der Waals surface area contributed by atoms with Crippen LogP contribution in [0.15, 0.2) is 21.9 Å². The molecule has 9 heteroatoms. The molecule has 0 aliphatic carbocycles. The third kappa shape index (κ3) is 3.58. The number of aryl methyl sites for hydroxylation is 2. The Balaban J connectivity index is 1.93. The van der Waals surface area contributed by atoms with Gasteiger partial charge < -0.3 is 9.88 Å². The van der Waals surface area contributed by atoms with Crippen molar-refractivity contribution in [2.75, 3.05) is 5.32 Å². The highest BCUT2D eigenvalue weighted by Gasteiger charge is 2.07. The third-order valence-electron chi connectivity index (χ3n) is 2.25. The topological polar surface area (TPSA) is 110 Å². The van der Waals surface area contributed by atoms with E-state index in [2.05, 4.69) is 20.5 Å². The molecule has 2 aromatic heterocycles. The number of anilines is 1. The van der Waals surface area contributed by atoms with E-state index in [1.165, 1.54) is 28.2 Å². The molecule has 2 N–H and O–H groups in total. The van der Waals surface area contributed by atoms with Gasteiger partial charge in [-0.1, -0.05) is 11.3 Å². The first-order chi connectivity index (χ1) is 9.04. The smallest absolute Gasteiger partial charge is 0.300 e. The van der Waals surface area contributed by atoms with Crippen LogP contribution in [0.25, 0.3) is 0 Å². The summed E-state index contributed by atoms with van der Waals surface area (Å²) in [5.41, 5.74) is -0.998. The van der Waals surface area contributed by atoms with Gasteiger partial charge in [0, 0.05) is 25.2 Å². The van der Waals surface area contributed by atoms with Crippen molar-refractivity contribution >= 4 is 22.4 Å². The highest BCUT2D eigenvalue weighted by atomic mass is 32.1. The van der Waals surface area contributed by atoms with Crippen molar-refractivity contribution in [1.82, 2.24) is 19.7 Å². The lowest BCUT2D eigenvalue weighted by Crippen LogP contribution is -2.29. The summed E-state index contributed by atoms with van der Waals surface area (Å²) >= 11 is 1.27. The molecule has 2 rings (SSSR count). The molecule has 0 atom stereocenters. The number of carbonyl (C=O) groups excluding carboxylic acids is 1. The van der Waals surface area contributed by atoms with Crippen LogP contribution in [0, 0.1) is 6.92 Å². The van der Waals surface area contributed by atoms with E-state index >= 15 is 0 Å². The van der Waals surface area contributed by atoms with E-state index in [0.717, 1.165) is 5.01 Å². The quantitative estimate of drug-likeness (QED) is 0.801. The lowest BCUT2D eigenvalue weighted by molar-refractivity contribution is -0.116. The number of hydrogen-bond donors (Lipinski definition) is 2. The molecule has 0 aliphatic heterocycles. The summed E-state index contributed by atoms with van der Waals surface area (Å²) in [4.78, 5) is 36.0. The van der Waals surface area contributed by atoms with Crippen LogP contribution in [-0.4, -0.2) is 25.7 Å². The Hall–Kier alpha value is -2.29. The van der Waals surface area contributed by atoms with Crippen LogP contribution in [0.2, 0.25) is 0 Å². The molecule has 0 aliphatic rings. The van der Waals surface area contributed by atoms with Gasteiger partial charge >= 0.3 is 5.69 Å². The lowest BCUT2D eigenvalue weighted by atomic mass is 10.4. The van der Waals surface area contributed by atoms with Crippen LogP contribution in [-0.2, 0) is 11.3 Å². The molecule has 0 fully saturated rings. The monoisotopic (exact) mass is 281 g/mol. The molecule has 0 radical (unpaired) electrons. The molecule has 0 bridgehead atoms. The molecule has 8 nitrogen and oxygen atoms in total. The van der Waals surface area contributed by atoms with E-state index in [1.807, 2.05) is 0 Å². The van der Waals surface area contributed by atoms with Crippen molar-refractivity contribution in [1.29, 1.82) is 0 Å². The molecule has 19 heavy (non-hydrogen) atoms. The van der Waals surface area contributed by atoms with Gasteiger partial charge in [-0.2, -0.15) is 0 Å². The first kappa shape index (κ1) is 13.1. The molecule has 0 saturated carbocycles. The highest BCUT2D eigenvalue weighted by Crippen LogP contribution is 2.13. The van der Waals surface area contributed by atoms with E-state index in [1.54, 1.807) is 6.92 Å². The molecule has 2 heterocycles. The number of aromatic nitrogens is 4. The van der Waals surface area contributed by atoms with Crippen LogP contribution in [0.5, 0.6) is 0 Å². The number of nitrogens with one attached hydrogen (secondary N) is 2. The van der Waals surface area contributed by atoms with Gasteiger partial charge in [0.1, 0.15) is 5.01 Å². The Morgan fingerprint density at radius 2 is 2.26 bits per heavy atom. The predicted octanol–water partition coefficient (Wildman–Crippen LogP) is -0.275. The molecule has 100 valence electrons. The Morgan fingerprint density at radius 3 is 2.89 bits per heavy atom. The molecule has 2 aromatic rings. The Kier molecular flexibility index (Phi) is 3.85. The zero-order valence-electron chi connectivity index (χ0n) is 10.0. The molecular weight excluding hydrogens is 270 g/mol. The van der Waals surface area contributed by atoms with E-state index in [0.29, 0.717) is 5.13 Å². The maximum Gasteiger partial charge on any atom is 0.328 e. The van der Waals surface area contributed by atoms with E-state index in [9.17, 15) is 14.4 Å². The molecule has 0 spiro atoms. The largest absolute Gasteiger partial charge is 0.328 e. The third-order valence-corrected chi connectivity index (χ3v) is 3.00. The Bertz CT molecular complexity index is 701. The number of hydrogen-bond acceptors (Lipinski definition) is 6. The molecule has 0 saturated heterocycles. The van der Waals surface area contributed by atoms with Gasteiger partial charge in [-0.25, -0.2) is 4.79 Å². The minimum Gasteiger partial charge on any atom is -0.300 e. The van der Waals surface area contributed by atoms with Crippen LogP contribution in [0.4, 0.5) is 5.13 Å². The van der Waals surface area contributed by atoms with Crippen LogP contribution in [0.1, 0.15) is 11.4 Å². The highest BCUT2D eigenvalue weighted by molar-refractivity contribution is 7.15. The second-order valence-electron chi connectivity index (χ2n) is 3.73. The normalized spacial score (nSPS) is 10.4. The van der Waals surface area contributed by atoms with Gasteiger partial charge in [0.2, 0.25) is 11.0 Å². The summed E-state index contributed by atoms with van der Waals surface area (Å²) in [7, 11) is 0. The van der Waals surface area contributed by atoms with Gasteiger partial charge in [0.05, 0.1) is 0 Å². The summed E-state index contributed by atoms with van der Waals surface area (Å²) < 4.78 is 1.26. The van der Waals surface area contributed by atoms with Crippen molar-refractivity contribution in [3.8, 4) is 0 Å². The van der Waals surface area contributed by atoms with Crippen LogP contribution >= 0.6 is 11.3 Å². The fourth-order valence-corrected chi connectivity index (χ4v) is 1.98. The average molecular weight is 281 g/mol. The molecule has 0 aromatic carbocycles. The fraction of sp³-hybridized carbons (Fsp3) is 0.300. The summed E-state index contributed by atoms with van der Waals surface area (Å²) in [5, 5.41) is 11.3. The number of nitrogens with zero attached hydrogens (tertiary/aromatic N) is 3. The van der Waals surface area contributed by atoms with Crippen molar-refractivity contribution in [2.45, 2.75) is 19.9 Å². The van der Waals surface area contributed by atoms with Crippen molar-refractivity contribution in [2.24, 2.45) is 0 Å².